The van der Waals surface area contributed by atoms with Gasteiger partial charge in [-0.05, 0) is 24.6 Å². The number of carbonyl (C=O) groups excluding carboxylic acids is 1. The molecular weight excluding hydrogens is 327 g/mol. The van der Waals surface area contributed by atoms with Gasteiger partial charge in [0.15, 0.2) is 0 Å². The Kier molecular flexibility index (Phi) is 8.56. The zero-order valence-corrected chi connectivity index (χ0v) is 14.1. The number of carbonyl (C=O) groups is 1. The number of hydrogen-bond donors (Lipinski definition) is 2. The zero-order valence-electron chi connectivity index (χ0n) is 12.6. The molecular formula is C15H22Cl2N2O3. The van der Waals surface area contributed by atoms with Crippen molar-refractivity contribution in [2.75, 3.05) is 31.7 Å². The molecule has 1 aromatic carbocycles. The van der Waals surface area contributed by atoms with E-state index in [1.807, 2.05) is 6.92 Å². The van der Waals surface area contributed by atoms with Crippen molar-refractivity contribution in [3.8, 4) is 5.75 Å². The van der Waals surface area contributed by atoms with E-state index in [-0.39, 0.29) is 24.4 Å². The van der Waals surface area contributed by atoms with Gasteiger partial charge in [0.25, 0.3) is 0 Å². The Hall–Kier alpha value is -1.01. The molecule has 5 nitrogen and oxygen atoms in total. The van der Waals surface area contributed by atoms with Crippen molar-refractivity contribution in [3.63, 3.8) is 0 Å². The summed E-state index contributed by atoms with van der Waals surface area (Å²) in [4.78, 5) is 12.0. The lowest BCUT2D eigenvalue weighted by Crippen LogP contribution is -2.43. The Bertz CT molecular complexity index is 480. The summed E-state index contributed by atoms with van der Waals surface area (Å²) in [7, 11) is 0. The Morgan fingerprint density at radius 1 is 1.55 bits per heavy atom. The largest absolute Gasteiger partial charge is 0.492 e. The molecule has 0 saturated carbocycles. The van der Waals surface area contributed by atoms with Crippen LogP contribution in [-0.2, 0) is 9.53 Å². The van der Waals surface area contributed by atoms with Gasteiger partial charge in [0, 0.05) is 24.7 Å². The standard InChI is InChI=1S/C15H21ClN2O3.ClH/c1-2-6-21-14-4-3-11(8-13(14)16)18-15(19)9-12-10-20-7-5-17-12;/h3-4,8,12,17H,2,5-7,9-10H2,1H3,(H,18,19);1H. The first-order valence-electron chi connectivity index (χ1n) is 7.22. The number of nitrogens with one attached hydrogen (secondary N) is 2. The minimum atomic E-state index is -0.0590. The van der Waals surface area contributed by atoms with Crippen LogP contribution in [0.15, 0.2) is 18.2 Å². The molecule has 0 aliphatic carbocycles. The summed E-state index contributed by atoms with van der Waals surface area (Å²) in [6.07, 6.45) is 1.30. The lowest BCUT2D eigenvalue weighted by atomic mass is 10.2. The third-order valence-electron chi connectivity index (χ3n) is 3.11. The summed E-state index contributed by atoms with van der Waals surface area (Å²) >= 11 is 6.13. The third-order valence-corrected chi connectivity index (χ3v) is 3.40. The van der Waals surface area contributed by atoms with Crippen LogP contribution in [0.2, 0.25) is 5.02 Å². The summed E-state index contributed by atoms with van der Waals surface area (Å²) < 4.78 is 10.8. The number of rotatable bonds is 6. The van der Waals surface area contributed by atoms with E-state index in [0.717, 1.165) is 13.0 Å². The van der Waals surface area contributed by atoms with Gasteiger partial charge in [-0.25, -0.2) is 0 Å². The van der Waals surface area contributed by atoms with Gasteiger partial charge >= 0.3 is 0 Å². The SMILES string of the molecule is CCCOc1ccc(NC(=O)CC2COCCN2)cc1Cl.Cl. The fourth-order valence-electron chi connectivity index (χ4n) is 2.09. The molecule has 124 valence electrons. The highest BCUT2D eigenvalue weighted by atomic mass is 35.5. The van der Waals surface area contributed by atoms with Gasteiger partial charge in [-0.15, -0.1) is 12.4 Å². The second kappa shape index (κ2) is 9.90. The fraction of sp³-hybridized carbons (Fsp3) is 0.533. The fourth-order valence-corrected chi connectivity index (χ4v) is 2.33. The smallest absolute Gasteiger partial charge is 0.226 e. The number of benzene rings is 1. The maximum Gasteiger partial charge on any atom is 0.226 e. The van der Waals surface area contributed by atoms with Gasteiger partial charge < -0.3 is 20.1 Å². The van der Waals surface area contributed by atoms with E-state index in [1.165, 1.54) is 0 Å². The first-order valence-corrected chi connectivity index (χ1v) is 7.60. The van der Waals surface area contributed by atoms with Gasteiger partial charge in [0.2, 0.25) is 5.91 Å². The van der Waals surface area contributed by atoms with Crippen LogP contribution in [0, 0.1) is 0 Å². The van der Waals surface area contributed by atoms with Crippen molar-refractivity contribution in [3.05, 3.63) is 23.2 Å². The van der Waals surface area contributed by atoms with Gasteiger partial charge in [0.1, 0.15) is 5.75 Å². The first-order chi connectivity index (χ1) is 10.2. The number of amides is 1. The van der Waals surface area contributed by atoms with Crippen LogP contribution in [0.3, 0.4) is 0 Å². The summed E-state index contributed by atoms with van der Waals surface area (Å²) in [5.41, 5.74) is 0.672. The molecule has 1 atom stereocenters. The molecule has 2 rings (SSSR count). The predicted octanol–water partition coefficient (Wildman–Crippen LogP) is 2.87. The van der Waals surface area contributed by atoms with E-state index in [0.29, 0.717) is 42.7 Å². The van der Waals surface area contributed by atoms with Crippen LogP contribution in [0.4, 0.5) is 5.69 Å². The molecule has 7 heteroatoms. The number of hydrogen-bond acceptors (Lipinski definition) is 4. The molecule has 1 saturated heterocycles. The highest BCUT2D eigenvalue weighted by molar-refractivity contribution is 6.32. The van der Waals surface area contributed by atoms with Crippen molar-refractivity contribution in [1.82, 2.24) is 5.32 Å². The average Bonchev–Trinajstić information content (AvgIpc) is 2.47. The molecule has 1 aliphatic rings. The van der Waals surface area contributed by atoms with Crippen LogP contribution in [0.5, 0.6) is 5.75 Å². The molecule has 0 bridgehead atoms. The lowest BCUT2D eigenvalue weighted by molar-refractivity contribution is -0.117. The van der Waals surface area contributed by atoms with E-state index >= 15 is 0 Å². The second-order valence-electron chi connectivity index (χ2n) is 4.97. The van der Waals surface area contributed by atoms with Crippen LogP contribution in [-0.4, -0.2) is 38.3 Å². The number of ether oxygens (including phenoxy) is 2. The van der Waals surface area contributed by atoms with E-state index in [9.17, 15) is 4.79 Å². The van der Waals surface area contributed by atoms with Crippen LogP contribution >= 0.6 is 24.0 Å². The van der Waals surface area contributed by atoms with Crippen molar-refractivity contribution in [1.29, 1.82) is 0 Å². The number of halogens is 2. The number of anilines is 1. The topological polar surface area (TPSA) is 59.6 Å². The monoisotopic (exact) mass is 348 g/mol. The minimum absolute atomic E-state index is 0. The Balaban J connectivity index is 0.00000242. The molecule has 22 heavy (non-hydrogen) atoms. The average molecular weight is 349 g/mol. The van der Waals surface area contributed by atoms with E-state index in [2.05, 4.69) is 10.6 Å². The van der Waals surface area contributed by atoms with E-state index in [1.54, 1.807) is 18.2 Å². The van der Waals surface area contributed by atoms with Crippen LogP contribution in [0.25, 0.3) is 0 Å². The summed E-state index contributed by atoms with van der Waals surface area (Å²) in [5, 5.41) is 6.59. The van der Waals surface area contributed by atoms with E-state index in [4.69, 9.17) is 21.1 Å². The molecule has 1 unspecified atom stereocenters. The number of morpholine rings is 1. The van der Waals surface area contributed by atoms with Crippen molar-refractivity contribution in [2.45, 2.75) is 25.8 Å². The maximum atomic E-state index is 12.0. The Labute approximate surface area is 142 Å². The van der Waals surface area contributed by atoms with Crippen molar-refractivity contribution < 1.29 is 14.3 Å². The zero-order chi connectivity index (χ0) is 15.1. The van der Waals surface area contributed by atoms with Crippen molar-refractivity contribution in [2.24, 2.45) is 0 Å². The molecule has 0 aromatic heterocycles. The Morgan fingerprint density at radius 3 is 3.00 bits per heavy atom. The summed E-state index contributed by atoms with van der Waals surface area (Å²) in [6.45, 7) is 4.71. The van der Waals surface area contributed by atoms with Gasteiger partial charge in [0.05, 0.1) is 24.8 Å². The molecule has 0 spiro atoms. The molecule has 1 fully saturated rings. The first kappa shape index (κ1) is 19.0. The normalized spacial score (nSPS) is 17.5. The predicted molar refractivity (Wildman–Crippen MR) is 90.3 cm³/mol. The lowest BCUT2D eigenvalue weighted by Gasteiger charge is -2.23. The molecule has 0 radical (unpaired) electrons. The summed E-state index contributed by atoms with van der Waals surface area (Å²) in [5.74, 6) is 0.579. The van der Waals surface area contributed by atoms with Crippen molar-refractivity contribution >= 4 is 35.6 Å². The van der Waals surface area contributed by atoms with Gasteiger partial charge in [-0.1, -0.05) is 18.5 Å². The molecule has 1 heterocycles. The molecule has 1 aliphatic heterocycles. The highest BCUT2D eigenvalue weighted by Crippen LogP contribution is 2.27. The third kappa shape index (κ3) is 6.01. The van der Waals surface area contributed by atoms with Crippen LogP contribution in [0.1, 0.15) is 19.8 Å². The summed E-state index contributed by atoms with van der Waals surface area (Å²) in [6, 6.07) is 5.34. The maximum absolute atomic E-state index is 12.0. The molecule has 1 aromatic rings. The van der Waals surface area contributed by atoms with E-state index < -0.39 is 0 Å². The molecule has 1 amide bonds. The van der Waals surface area contributed by atoms with Gasteiger partial charge in [-0.2, -0.15) is 0 Å². The minimum Gasteiger partial charge on any atom is -0.492 e. The van der Waals surface area contributed by atoms with Crippen LogP contribution < -0.4 is 15.4 Å². The molecule has 2 N–H and O–H groups in total. The quantitative estimate of drug-likeness (QED) is 0.829. The highest BCUT2D eigenvalue weighted by Gasteiger charge is 2.17. The Morgan fingerprint density at radius 2 is 2.36 bits per heavy atom. The second-order valence-corrected chi connectivity index (χ2v) is 5.38. The van der Waals surface area contributed by atoms with Gasteiger partial charge in [-0.3, -0.25) is 4.79 Å².